The zero-order valence-corrected chi connectivity index (χ0v) is 15.3. The van der Waals surface area contributed by atoms with Crippen molar-refractivity contribution in [3.05, 3.63) is 52.2 Å². The Bertz CT molecular complexity index is 813. The zero-order chi connectivity index (χ0) is 17.7. The second-order valence-corrected chi connectivity index (χ2v) is 8.60. The van der Waals surface area contributed by atoms with E-state index >= 15 is 0 Å². The Hall–Kier alpha value is -1.74. The number of amides is 1. The molecule has 1 saturated heterocycles. The molecule has 1 aromatic carbocycles. The van der Waals surface area contributed by atoms with Gasteiger partial charge in [-0.25, -0.2) is 8.42 Å². The molecule has 0 saturated carbocycles. The predicted molar refractivity (Wildman–Crippen MR) is 95.9 cm³/mol. The van der Waals surface area contributed by atoms with Crippen LogP contribution in [0.4, 0.5) is 0 Å². The number of morpholine rings is 1. The summed E-state index contributed by atoms with van der Waals surface area (Å²) in [5.74, 6) is -0.124. The molecule has 25 heavy (non-hydrogen) atoms. The molecule has 1 N–H and O–H groups in total. The van der Waals surface area contributed by atoms with E-state index in [2.05, 4.69) is 5.32 Å². The number of nitrogens with one attached hydrogen (secondary N) is 1. The second kappa shape index (κ2) is 8.09. The Kier molecular flexibility index (Phi) is 5.85. The van der Waals surface area contributed by atoms with Gasteiger partial charge in [-0.1, -0.05) is 24.3 Å². The van der Waals surface area contributed by atoms with Crippen molar-refractivity contribution in [1.82, 2.24) is 9.62 Å². The molecular weight excluding hydrogens is 360 g/mol. The third kappa shape index (κ3) is 4.46. The van der Waals surface area contributed by atoms with E-state index in [9.17, 15) is 13.2 Å². The zero-order valence-electron chi connectivity index (χ0n) is 13.7. The third-order valence-electron chi connectivity index (χ3n) is 3.95. The average molecular weight is 380 g/mol. The SMILES string of the molecule is O=C(Cc1cccs1)NCc1ccccc1S(=O)(=O)N1CCOCC1. The maximum atomic E-state index is 12.9. The maximum Gasteiger partial charge on any atom is 0.243 e. The molecule has 1 amide bonds. The summed E-state index contributed by atoms with van der Waals surface area (Å²) in [5, 5.41) is 4.74. The summed E-state index contributed by atoms with van der Waals surface area (Å²) in [6.07, 6.45) is 0.302. The Balaban J connectivity index is 1.71. The molecular formula is C17H20N2O4S2. The van der Waals surface area contributed by atoms with Gasteiger partial charge in [-0.05, 0) is 23.1 Å². The van der Waals surface area contributed by atoms with Crippen LogP contribution in [0.3, 0.4) is 0 Å². The molecule has 0 bridgehead atoms. The van der Waals surface area contributed by atoms with Crippen molar-refractivity contribution in [2.45, 2.75) is 17.9 Å². The van der Waals surface area contributed by atoms with Crippen LogP contribution in [0.15, 0.2) is 46.7 Å². The minimum Gasteiger partial charge on any atom is -0.379 e. The monoisotopic (exact) mass is 380 g/mol. The van der Waals surface area contributed by atoms with E-state index in [4.69, 9.17) is 4.74 Å². The molecule has 6 nitrogen and oxygen atoms in total. The van der Waals surface area contributed by atoms with Crippen molar-refractivity contribution in [2.24, 2.45) is 0 Å². The van der Waals surface area contributed by atoms with E-state index in [1.54, 1.807) is 24.3 Å². The normalized spacial score (nSPS) is 15.8. The van der Waals surface area contributed by atoms with Crippen molar-refractivity contribution < 1.29 is 17.9 Å². The van der Waals surface area contributed by atoms with E-state index in [0.717, 1.165) is 4.88 Å². The lowest BCUT2D eigenvalue weighted by Crippen LogP contribution is -2.41. The van der Waals surface area contributed by atoms with Crippen molar-refractivity contribution >= 4 is 27.3 Å². The van der Waals surface area contributed by atoms with Crippen LogP contribution in [-0.4, -0.2) is 44.9 Å². The van der Waals surface area contributed by atoms with Gasteiger partial charge in [-0.15, -0.1) is 11.3 Å². The minimum atomic E-state index is -3.59. The van der Waals surface area contributed by atoms with Crippen LogP contribution >= 0.6 is 11.3 Å². The van der Waals surface area contributed by atoms with Gasteiger partial charge in [0.1, 0.15) is 0 Å². The predicted octanol–water partition coefficient (Wildman–Crippen LogP) is 1.63. The first kappa shape index (κ1) is 18.1. The fraction of sp³-hybridized carbons (Fsp3) is 0.353. The molecule has 134 valence electrons. The van der Waals surface area contributed by atoms with E-state index in [1.165, 1.54) is 15.6 Å². The van der Waals surface area contributed by atoms with Crippen LogP contribution < -0.4 is 5.32 Å². The molecule has 1 aromatic heterocycles. The van der Waals surface area contributed by atoms with Gasteiger partial charge < -0.3 is 10.1 Å². The molecule has 1 fully saturated rings. The van der Waals surface area contributed by atoms with Crippen LogP contribution in [0.5, 0.6) is 0 Å². The molecule has 2 heterocycles. The van der Waals surface area contributed by atoms with Crippen LogP contribution in [0.25, 0.3) is 0 Å². The molecule has 8 heteroatoms. The van der Waals surface area contributed by atoms with Gasteiger partial charge in [0.25, 0.3) is 0 Å². The van der Waals surface area contributed by atoms with Crippen LogP contribution in [-0.2, 0) is 32.5 Å². The summed E-state index contributed by atoms with van der Waals surface area (Å²) in [4.78, 5) is 13.3. The lowest BCUT2D eigenvalue weighted by Gasteiger charge is -2.27. The lowest BCUT2D eigenvalue weighted by atomic mass is 10.2. The molecule has 2 aromatic rings. The van der Waals surface area contributed by atoms with Crippen LogP contribution in [0.2, 0.25) is 0 Å². The number of nitrogens with zero attached hydrogens (tertiary/aromatic N) is 1. The van der Waals surface area contributed by atoms with Crippen molar-refractivity contribution in [1.29, 1.82) is 0 Å². The van der Waals surface area contributed by atoms with Gasteiger partial charge in [0.15, 0.2) is 0 Å². The lowest BCUT2D eigenvalue weighted by molar-refractivity contribution is -0.120. The summed E-state index contributed by atoms with van der Waals surface area (Å²) in [5.41, 5.74) is 0.591. The number of carbonyl (C=O) groups excluding carboxylic acids is 1. The molecule has 0 unspecified atom stereocenters. The van der Waals surface area contributed by atoms with Crippen LogP contribution in [0.1, 0.15) is 10.4 Å². The van der Waals surface area contributed by atoms with Crippen molar-refractivity contribution in [2.75, 3.05) is 26.3 Å². The molecule has 0 aliphatic carbocycles. The minimum absolute atomic E-state index is 0.124. The first-order chi connectivity index (χ1) is 12.1. The van der Waals surface area contributed by atoms with E-state index < -0.39 is 10.0 Å². The first-order valence-electron chi connectivity index (χ1n) is 8.02. The smallest absolute Gasteiger partial charge is 0.243 e. The van der Waals surface area contributed by atoms with Gasteiger partial charge in [0.2, 0.25) is 15.9 Å². The van der Waals surface area contributed by atoms with Gasteiger partial charge in [0.05, 0.1) is 24.5 Å². The highest BCUT2D eigenvalue weighted by atomic mass is 32.2. The molecule has 1 aliphatic rings. The van der Waals surface area contributed by atoms with Gasteiger partial charge >= 0.3 is 0 Å². The van der Waals surface area contributed by atoms with E-state index in [0.29, 0.717) is 38.3 Å². The third-order valence-corrected chi connectivity index (χ3v) is 6.83. The fourth-order valence-corrected chi connectivity index (χ4v) is 4.99. The quantitative estimate of drug-likeness (QED) is 0.826. The largest absolute Gasteiger partial charge is 0.379 e. The summed E-state index contributed by atoms with van der Waals surface area (Å²) >= 11 is 1.52. The number of rotatable bonds is 6. The number of hydrogen-bond acceptors (Lipinski definition) is 5. The second-order valence-electron chi connectivity index (χ2n) is 5.66. The fourth-order valence-electron chi connectivity index (χ4n) is 2.66. The Morgan fingerprint density at radius 1 is 1.16 bits per heavy atom. The van der Waals surface area contributed by atoms with Gasteiger partial charge in [0, 0.05) is 24.5 Å². The molecule has 3 rings (SSSR count). The van der Waals surface area contributed by atoms with Crippen molar-refractivity contribution in [3.63, 3.8) is 0 Å². The number of hydrogen-bond donors (Lipinski definition) is 1. The highest BCUT2D eigenvalue weighted by Gasteiger charge is 2.28. The Morgan fingerprint density at radius 3 is 2.64 bits per heavy atom. The summed E-state index contributed by atoms with van der Waals surface area (Å²) in [6.45, 7) is 1.69. The molecule has 0 spiro atoms. The summed E-state index contributed by atoms with van der Waals surface area (Å²) < 4.78 is 32.4. The highest BCUT2D eigenvalue weighted by Crippen LogP contribution is 2.21. The van der Waals surface area contributed by atoms with E-state index in [-0.39, 0.29) is 17.3 Å². The highest BCUT2D eigenvalue weighted by molar-refractivity contribution is 7.89. The van der Waals surface area contributed by atoms with E-state index in [1.807, 2.05) is 17.5 Å². The number of carbonyl (C=O) groups is 1. The number of thiophene rings is 1. The number of sulfonamides is 1. The molecule has 0 atom stereocenters. The average Bonchev–Trinajstić information content (AvgIpc) is 3.14. The Labute approximate surface area is 151 Å². The standard InChI is InChI=1S/C17H20N2O4S2/c20-17(12-15-5-3-11-24-15)18-13-14-4-1-2-6-16(14)25(21,22)19-7-9-23-10-8-19/h1-6,11H,7-10,12-13H2,(H,18,20). The van der Waals surface area contributed by atoms with Gasteiger partial charge in [-0.3, -0.25) is 4.79 Å². The summed E-state index contributed by atoms with van der Waals surface area (Å²) in [7, 11) is -3.59. The molecule has 0 radical (unpaired) electrons. The topological polar surface area (TPSA) is 75.7 Å². The Morgan fingerprint density at radius 2 is 1.92 bits per heavy atom. The van der Waals surface area contributed by atoms with Crippen LogP contribution in [0, 0.1) is 0 Å². The van der Waals surface area contributed by atoms with Crippen molar-refractivity contribution in [3.8, 4) is 0 Å². The molecule has 1 aliphatic heterocycles. The number of ether oxygens (including phenoxy) is 1. The first-order valence-corrected chi connectivity index (χ1v) is 10.3. The maximum absolute atomic E-state index is 12.9. The number of benzene rings is 1. The van der Waals surface area contributed by atoms with Gasteiger partial charge in [-0.2, -0.15) is 4.31 Å². The summed E-state index contributed by atoms with van der Waals surface area (Å²) in [6, 6.07) is 10.6.